The molecule has 1 fully saturated rings. The van der Waals surface area contributed by atoms with Gasteiger partial charge in [-0.25, -0.2) is 4.99 Å². The van der Waals surface area contributed by atoms with E-state index >= 15 is 0 Å². The molecule has 0 saturated carbocycles. The van der Waals surface area contributed by atoms with Crippen molar-refractivity contribution in [2.24, 2.45) is 4.99 Å². The minimum Gasteiger partial charge on any atom is -0.405 e. The maximum atomic E-state index is 5.84. The zero-order chi connectivity index (χ0) is 17.6. The van der Waals surface area contributed by atoms with Crippen molar-refractivity contribution in [2.45, 2.75) is 13.2 Å². The van der Waals surface area contributed by atoms with Gasteiger partial charge in [-0.2, -0.15) is 0 Å². The largest absolute Gasteiger partial charge is 0.498 e. The first-order valence-electron chi connectivity index (χ1n) is 8.46. The molecular weight excluding hydrogens is 333 g/mol. The lowest BCUT2D eigenvalue weighted by Gasteiger charge is -2.38. The Bertz CT molecular complexity index is 822. The molecule has 0 aliphatic carbocycles. The number of allylic oxidation sites excluding steroid dienone is 2. The molecule has 4 rings (SSSR count). The lowest BCUT2D eigenvalue weighted by Crippen LogP contribution is -2.46. The Morgan fingerprint density at radius 3 is 2.64 bits per heavy atom. The predicted octanol–water partition coefficient (Wildman–Crippen LogP) is 2.83. The topological polar surface area (TPSA) is 37.3 Å². The van der Waals surface area contributed by atoms with E-state index in [4.69, 9.17) is 14.3 Å². The summed E-state index contributed by atoms with van der Waals surface area (Å²) in [5, 5.41) is 1.25. The summed E-state index contributed by atoms with van der Waals surface area (Å²) in [7, 11) is 5.83. The molecule has 0 N–H and O–H groups in total. The van der Waals surface area contributed by atoms with Crippen LogP contribution in [0.4, 0.5) is 0 Å². The van der Waals surface area contributed by atoms with Gasteiger partial charge >= 0.3 is 7.12 Å². The van der Waals surface area contributed by atoms with Crippen molar-refractivity contribution >= 4 is 34.3 Å². The summed E-state index contributed by atoms with van der Waals surface area (Å²) in [5.41, 5.74) is 3.18. The molecular formula is C18H22BN3O2S. The van der Waals surface area contributed by atoms with Crippen LogP contribution in [0.1, 0.15) is 11.8 Å². The van der Waals surface area contributed by atoms with Gasteiger partial charge < -0.3 is 14.2 Å². The van der Waals surface area contributed by atoms with Crippen LogP contribution in [0, 0.1) is 0 Å². The van der Waals surface area contributed by atoms with Crippen LogP contribution in [0.2, 0.25) is 0 Å². The molecule has 0 amide bonds. The third kappa shape index (κ3) is 2.91. The van der Waals surface area contributed by atoms with E-state index in [1.165, 1.54) is 10.1 Å². The highest BCUT2D eigenvalue weighted by molar-refractivity contribution is 7.21. The number of hydrogen-bond acceptors (Lipinski definition) is 6. The predicted molar refractivity (Wildman–Crippen MR) is 104 cm³/mol. The maximum Gasteiger partial charge on any atom is 0.498 e. The standard InChI is InChI=1S/C18H22BN3O2S/c1-12-16(19-23-9-10-24-19)17(20-18(21(2)3)22(12)4)15-11-13-7-5-6-8-14(13)25-15/h5-8,11,18H,9-10H2,1-4H3. The molecule has 2 aromatic rings. The van der Waals surface area contributed by atoms with Crippen molar-refractivity contribution in [1.29, 1.82) is 0 Å². The fourth-order valence-corrected chi connectivity index (χ4v) is 4.44. The van der Waals surface area contributed by atoms with Crippen LogP contribution in [0.15, 0.2) is 46.5 Å². The van der Waals surface area contributed by atoms with Crippen LogP contribution in [-0.4, -0.2) is 63.3 Å². The number of hydrogen-bond donors (Lipinski definition) is 0. The highest BCUT2D eigenvalue weighted by atomic mass is 32.1. The molecule has 2 aliphatic heterocycles. The first-order valence-corrected chi connectivity index (χ1v) is 9.28. The molecule has 0 spiro atoms. The van der Waals surface area contributed by atoms with Crippen molar-refractivity contribution in [1.82, 2.24) is 9.80 Å². The van der Waals surface area contributed by atoms with Gasteiger partial charge in [0.15, 0.2) is 6.29 Å². The van der Waals surface area contributed by atoms with Gasteiger partial charge in [-0.1, -0.05) is 18.2 Å². The summed E-state index contributed by atoms with van der Waals surface area (Å²) in [6, 6.07) is 10.7. The first kappa shape index (κ1) is 16.8. The molecule has 0 bridgehead atoms. The summed E-state index contributed by atoms with van der Waals surface area (Å²) in [6.07, 6.45) is -0.0367. The SMILES string of the molecule is CC1=C(B2OCCO2)C(c2cc3ccccc3s2)=NC(N(C)C)N1C. The van der Waals surface area contributed by atoms with E-state index in [1.54, 1.807) is 11.3 Å². The van der Waals surface area contributed by atoms with Crippen LogP contribution in [0.5, 0.6) is 0 Å². The Labute approximate surface area is 152 Å². The Kier molecular flexibility index (Phi) is 4.41. The fraction of sp³-hybridized carbons (Fsp3) is 0.389. The van der Waals surface area contributed by atoms with Gasteiger partial charge in [-0.05, 0) is 38.5 Å². The molecule has 1 unspecified atom stereocenters. The normalized spacial score (nSPS) is 21.6. The summed E-state index contributed by atoms with van der Waals surface area (Å²) in [5.74, 6) is 0. The molecule has 0 radical (unpaired) electrons. The van der Waals surface area contributed by atoms with Crippen molar-refractivity contribution < 1.29 is 9.31 Å². The van der Waals surface area contributed by atoms with E-state index in [0.29, 0.717) is 13.2 Å². The maximum absolute atomic E-state index is 5.84. The highest BCUT2D eigenvalue weighted by Gasteiger charge is 2.39. The van der Waals surface area contributed by atoms with Gasteiger partial charge in [0.1, 0.15) is 0 Å². The number of aliphatic imine (C=N–C) groups is 1. The van der Waals surface area contributed by atoms with Crippen molar-refractivity contribution in [3.63, 3.8) is 0 Å². The summed E-state index contributed by atoms with van der Waals surface area (Å²) < 4.78 is 12.9. The van der Waals surface area contributed by atoms with E-state index in [9.17, 15) is 0 Å². The summed E-state index contributed by atoms with van der Waals surface area (Å²) in [4.78, 5) is 10.5. The third-order valence-corrected chi connectivity index (χ3v) is 5.87. The number of nitrogens with zero attached hydrogens (tertiary/aromatic N) is 3. The highest BCUT2D eigenvalue weighted by Crippen LogP contribution is 2.33. The first-order chi connectivity index (χ1) is 12.1. The van der Waals surface area contributed by atoms with Gasteiger partial charge in [0.05, 0.1) is 23.8 Å². The summed E-state index contributed by atoms with van der Waals surface area (Å²) in [6.45, 7) is 3.38. The van der Waals surface area contributed by atoms with Crippen LogP contribution in [-0.2, 0) is 9.31 Å². The molecule has 7 heteroatoms. The van der Waals surface area contributed by atoms with Gasteiger partial charge in [-0.15, -0.1) is 11.3 Å². The molecule has 5 nitrogen and oxygen atoms in total. The van der Waals surface area contributed by atoms with Gasteiger partial charge in [0.25, 0.3) is 0 Å². The number of fused-ring (bicyclic) bond motifs is 1. The Hall–Kier alpha value is -1.67. The molecule has 1 atom stereocenters. The quantitative estimate of drug-likeness (QED) is 0.794. The van der Waals surface area contributed by atoms with Crippen molar-refractivity contribution in [3.8, 4) is 0 Å². The van der Waals surface area contributed by atoms with Gasteiger partial charge in [0.2, 0.25) is 0 Å². The Balaban J connectivity index is 1.86. The lowest BCUT2D eigenvalue weighted by molar-refractivity contribution is 0.141. The molecule has 25 heavy (non-hydrogen) atoms. The average Bonchev–Trinajstić information content (AvgIpc) is 3.25. The number of benzene rings is 1. The Morgan fingerprint density at radius 2 is 1.96 bits per heavy atom. The zero-order valence-corrected chi connectivity index (χ0v) is 15.8. The monoisotopic (exact) mass is 355 g/mol. The van der Waals surface area contributed by atoms with Gasteiger partial charge in [0, 0.05) is 22.9 Å². The van der Waals surface area contributed by atoms with Crippen LogP contribution in [0.25, 0.3) is 10.1 Å². The minimum absolute atomic E-state index is 0.0367. The zero-order valence-electron chi connectivity index (χ0n) is 15.0. The van der Waals surface area contributed by atoms with E-state index in [1.807, 2.05) is 14.1 Å². The van der Waals surface area contributed by atoms with Crippen molar-refractivity contribution in [2.75, 3.05) is 34.4 Å². The van der Waals surface area contributed by atoms with E-state index in [-0.39, 0.29) is 13.4 Å². The van der Waals surface area contributed by atoms with E-state index < -0.39 is 0 Å². The molecule has 3 heterocycles. The molecule has 130 valence electrons. The fourth-order valence-electron chi connectivity index (χ4n) is 3.37. The van der Waals surface area contributed by atoms with Crippen LogP contribution in [0.3, 0.4) is 0 Å². The second-order valence-electron chi connectivity index (χ2n) is 6.62. The second kappa shape index (κ2) is 6.57. The minimum atomic E-state index is -0.338. The average molecular weight is 355 g/mol. The lowest BCUT2D eigenvalue weighted by atomic mass is 9.73. The van der Waals surface area contributed by atoms with E-state index in [2.05, 4.69) is 54.1 Å². The third-order valence-electron chi connectivity index (χ3n) is 4.74. The molecule has 1 aromatic carbocycles. The smallest absolute Gasteiger partial charge is 0.405 e. The van der Waals surface area contributed by atoms with Crippen LogP contribution >= 0.6 is 11.3 Å². The summed E-state index contributed by atoms with van der Waals surface area (Å²) >= 11 is 1.77. The molecule has 1 aromatic heterocycles. The van der Waals surface area contributed by atoms with Crippen LogP contribution < -0.4 is 0 Å². The number of thiophene rings is 1. The van der Waals surface area contributed by atoms with Gasteiger partial charge in [-0.3, -0.25) is 4.90 Å². The molecule has 2 aliphatic rings. The number of rotatable bonds is 3. The molecule has 1 saturated heterocycles. The Morgan fingerprint density at radius 1 is 1.24 bits per heavy atom. The van der Waals surface area contributed by atoms with Crippen molar-refractivity contribution in [3.05, 3.63) is 46.4 Å². The van der Waals surface area contributed by atoms with E-state index in [0.717, 1.165) is 21.8 Å². The second-order valence-corrected chi connectivity index (χ2v) is 7.70.